The molecule has 0 aliphatic carbocycles. The second kappa shape index (κ2) is 11.0. The van der Waals surface area contributed by atoms with Crippen LogP contribution in [0.4, 0.5) is 4.39 Å². The molecule has 0 unspecified atom stereocenters. The van der Waals surface area contributed by atoms with Crippen molar-refractivity contribution in [1.29, 1.82) is 0 Å². The normalized spacial score (nSPS) is 11.6. The highest BCUT2D eigenvalue weighted by Gasteiger charge is 2.27. The first-order valence-electron chi connectivity index (χ1n) is 9.22. The van der Waals surface area contributed by atoms with Crippen LogP contribution in [-0.2, 0) is 16.1 Å². The molecule has 0 radical (unpaired) electrons. The summed E-state index contributed by atoms with van der Waals surface area (Å²) in [6.07, 6.45) is 0.774. The molecule has 0 heterocycles. The van der Waals surface area contributed by atoms with E-state index in [0.29, 0.717) is 27.9 Å². The van der Waals surface area contributed by atoms with E-state index in [1.54, 1.807) is 25.1 Å². The Morgan fingerprint density at radius 2 is 1.76 bits per heavy atom. The minimum Gasteiger partial charge on any atom is -0.484 e. The number of hydrogen-bond donors (Lipinski definition) is 1. The highest BCUT2D eigenvalue weighted by Crippen LogP contribution is 2.26. The molecule has 156 valence electrons. The van der Waals surface area contributed by atoms with Crippen molar-refractivity contribution in [2.75, 3.05) is 13.2 Å². The molecule has 0 saturated heterocycles. The van der Waals surface area contributed by atoms with Crippen molar-refractivity contribution in [2.45, 2.75) is 32.9 Å². The summed E-state index contributed by atoms with van der Waals surface area (Å²) in [5.74, 6) is -0.770. The molecule has 2 aromatic carbocycles. The second-order valence-corrected chi connectivity index (χ2v) is 7.25. The van der Waals surface area contributed by atoms with E-state index in [0.717, 1.165) is 6.42 Å². The van der Waals surface area contributed by atoms with Crippen LogP contribution in [0.2, 0.25) is 10.0 Å². The molecule has 29 heavy (non-hydrogen) atoms. The predicted molar refractivity (Wildman–Crippen MR) is 112 cm³/mol. The third kappa shape index (κ3) is 6.61. The van der Waals surface area contributed by atoms with Gasteiger partial charge in [-0.05, 0) is 49.7 Å². The van der Waals surface area contributed by atoms with Crippen molar-refractivity contribution in [1.82, 2.24) is 10.2 Å². The number of carbonyl (C=O) groups is 2. The Bertz CT molecular complexity index is 826. The number of ether oxygens (including phenoxy) is 1. The van der Waals surface area contributed by atoms with Gasteiger partial charge in [0.25, 0.3) is 5.91 Å². The molecule has 2 aromatic rings. The van der Waals surface area contributed by atoms with Gasteiger partial charge in [0.2, 0.25) is 5.91 Å². The van der Waals surface area contributed by atoms with Crippen molar-refractivity contribution in [3.8, 4) is 5.75 Å². The van der Waals surface area contributed by atoms with Crippen molar-refractivity contribution in [2.24, 2.45) is 0 Å². The van der Waals surface area contributed by atoms with Crippen LogP contribution in [0.15, 0.2) is 42.5 Å². The summed E-state index contributed by atoms with van der Waals surface area (Å²) in [6.45, 7) is 3.80. The fraction of sp³-hybridized carbons (Fsp3) is 0.333. The van der Waals surface area contributed by atoms with Crippen LogP contribution in [-0.4, -0.2) is 35.9 Å². The van der Waals surface area contributed by atoms with Gasteiger partial charge in [-0.1, -0.05) is 36.2 Å². The van der Waals surface area contributed by atoms with Gasteiger partial charge in [0.05, 0.1) is 0 Å². The Hall–Kier alpha value is -2.31. The van der Waals surface area contributed by atoms with Crippen LogP contribution >= 0.6 is 23.2 Å². The lowest BCUT2D eigenvalue weighted by molar-refractivity contribution is -0.142. The Balaban J connectivity index is 2.19. The van der Waals surface area contributed by atoms with Gasteiger partial charge in [0, 0.05) is 28.7 Å². The van der Waals surface area contributed by atoms with Crippen LogP contribution < -0.4 is 10.1 Å². The number of amides is 2. The Kier molecular flexibility index (Phi) is 8.73. The van der Waals surface area contributed by atoms with Crippen molar-refractivity contribution in [3.05, 3.63) is 63.9 Å². The average molecular weight is 441 g/mol. The maximum Gasteiger partial charge on any atom is 0.261 e. The van der Waals surface area contributed by atoms with Gasteiger partial charge in [0.1, 0.15) is 17.6 Å². The fourth-order valence-electron chi connectivity index (χ4n) is 2.59. The van der Waals surface area contributed by atoms with Gasteiger partial charge in [-0.2, -0.15) is 0 Å². The Morgan fingerprint density at radius 1 is 1.14 bits per heavy atom. The minimum atomic E-state index is -0.766. The number of halogens is 3. The van der Waals surface area contributed by atoms with Crippen LogP contribution in [0, 0.1) is 5.82 Å². The molecular weight excluding hydrogens is 418 g/mol. The lowest BCUT2D eigenvalue weighted by Gasteiger charge is -2.29. The Morgan fingerprint density at radius 3 is 2.34 bits per heavy atom. The maximum absolute atomic E-state index is 13.0. The number of nitrogens with one attached hydrogen (secondary N) is 1. The van der Waals surface area contributed by atoms with Crippen LogP contribution in [0.3, 0.4) is 0 Å². The molecule has 0 aromatic heterocycles. The second-order valence-electron chi connectivity index (χ2n) is 6.43. The SMILES string of the molecule is CCCNC(=O)[C@H](C)N(Cc1c(Cl)cccc1Cl)C(=O)COc1ccc(F)cc1. The standard InChI is InChI=1S/C21H23Cl2FN2O3/c1-3-11-25-21(28)14(2)26(12-17-18(22)5-4-6-19(17)23)20(27)13-29-16-9-7-15(24)8-10-16/h4-10,14H,3,11-13H2,1-2H3,(H,25,28)/t14-/m0/s1. The first kappa shape index (κ1) is 23.0. The molecule has 0 fully saturated rings. The van der Waals surface area contributed by atoms with E-state index >= 15 is 0 Å². The molecule has 0 spiro atoms. The molecule has 0 saturated carbocycles. The van der Waals surface area contributed by atoms with E-state index in [2.05, 4.69) is 5.32 Å². The van der Waals surface area contributed by atoms with Gasteiger partial charge in [0.15, 0.2) is 6.61 Å². The molecule has 1 atom stereocenters. The molecule has 2 amide bonds. The van der Waals surface area contributed by atoms with Crippen LogP contribution in [0.5, 0.6) is 5.75 Å². The third-order valence-electron chi connectivity index (χ3n) is 4.28. The van der Waals surface area contributed by atoms with Crippen LogP contribution in [0.1, 0.15) is 25.8 Å². The molecule has 0 aliphatic rings. The molecule has 1 N–H and O–H groups in total. The van der Waals surface area contributed by atoms with Crippen molar-refractivity contribution in [3.63, 3.8) is 0 Å². The molecule has 0 aliphatic heterocycles. The van der Waals surface area contributed by atoms with Gasteiger partial charge in [-0.3, -0.25) is 9.59 Å². The first-order valence-corrected chi connectivity index (χ1v) is 9.97. The fourth-order valence-corrected chi connectivity index (χ4v) is 3.11. The number of carbonyl (C=O) groups excluding carboxylic acids is 2. The quantitative estimate of drug-likeness (QED) is 0.626. The summed E-state index contributed by atoms with van der Waals surface area (Å²) in [7, 11) is 0. The van der Waals surface area contributed by atoms with Gasteiger partial charge in [-0.25, -0.2) is 4.39 Å². The van der Waals surface area contributed by atoms with Gasteiger partial charge < -0.3 is 15.0 Å². The summed E-state index contributed by atoms with van der Waals surface area (Å²) in [4.78, 5) is 26.7. The van der Waals surface area contributed by atoms with Crippen LogP contribution in [0.25, 0.3) is 0 Å². The number of rotatable bonds is 9. The summed E-state index contributed by atoms with van der Waals surface area (Å²) in [6, 6.07) is 9.60. The smallest absolute Gasteiger partial charge is 0.261 e. The summed E-state index contributed by atoms with van der Waals surface area (Å²) < 4.78 is 18.5. The zero-order valence-electron chi connectivity index (χ0n) is 16.3. The zero-order valence-corrected chi connectivity index (χ0v) is 17.8. The minimum absolute atomic E-state index is 0.0465. The predicted octanol–water partition coefficient (Wildman–Crippen LogP) is 4.45. The maximum atomic E-state index is 13.0. The van der Waals surface area contributed by atoms with E-state index in [1.807, 2.05) is 6.92 Å². The van der Waals surface area contributed by atoms with Crippen molar-refractivity contribution >= 4 is 35.0 Å². The molecule has 2 rings (SSSR count). The molecular formula is C21H23Cl2FN2O3. The van der Waals surface area contributed by atoms with Crippen molar-refractivity contribution < 1.29 is 18.7 Å². The largest absolute Gasteiger partial charge is 0.484 e. The summed E-state index contributed by atoms with van der Waals surface area (Å²) >= 11 is 12.5. The summed E-state index contributed by atoms with van der Waals surface area (Å²) in [5.41, 5.74) is 0.543. The number of benzene rings is 2. The Labute approximate surface area is 179 Å². The molecule has 8 heteroatoms. The lowest BCUT2D eigenvalue weighted by atomic mass is 10.1. The highest BCUT2D eigenvalue weighted by molar-refractivity contribution is 6.36. The average Bonchev–Trinajstić information content (AvgIpc) is 2.70. The van der Waals surface area contributed by atoms with E-state index in [-0.39, 0.29) is 19.1 Å². The summed E-state index contributed by atoms with van der Waals surface area (Å²) in [5, 5.41) is 3.58. The monoisotopic (exact) mass is 440 g/mol. The van der Waals surface area contributed by atoms with E-state index < -0.39 is 17.8 Å². The zero-order chi connectivity index (χ0) is 21.4. The highest BCUT2D eigenvalue weighted by atomic mass is 35.5. The van der Waals surface area contributed by atoms with E-state index in [9.17, 15) is 14.0 Å². The lowest BCUT2D eigenvalue weighted by Crippen LogP contribution is -2.49. The first-order chi connectivity index (χ1) is 13.8. The molecule has 5 nitrogen and oxygen atoms in total. The van der Waals surface area contributed by atoms with E-state index in [4.69, 9.17) is 27.9 Å². The number of hydrogen-bond acceptors (Lipinski definition) is 3. The van der Waals surface area contributed by atoms with Gasteiger partial charge in [-0.15, -0.1) is 0 Å². The number of nitrogens with zero attached hydrogens (tertiary/aromatic N) is 1. The van der Waals surface area contributed by atoms with E-state index in [1.165, 1.54) is 29.2 Å². The topological polar surface area (TPSA) is 58.6 Å². The van der Waals surface area contributed by atoms with Gasteiger partial charge >= 0.3 is 0 Å². The third-order valence-corrected chi connectivity index (χ3v) is 4.99. The molecule has 0 bridgehead atoms.